The summed E-state index contributed by atoms with van der Waals surface area (Å²) in [5.41, 5.74) is 0.886. The second-order valence-corrected chi connectivity index (χ2v) is 7.50. The lowest BCUT2D eigenvalue weighted by atomic mass is 10.2. The summed E-state index contributed by atoms with van der Waals surface area (Å²) in [6.45, 7) is 1.87. The third kappa shape index (κ3) is 3.40. The van der Waals surface area contributed by atoms with Gasteiger partial charge in [0.25, 0.3) is 0 Å². The molecule has 1 N–H and O–H groups in total. The van der Waals surface area contributed by atoms with Crippen LogP contribution in [0.1, 0.15) is 12.0 Å². The summed E-state index contributed by atoms with van der Waals surface area (Å²) in [7, 11) is -4.16. The zero-order chi connectivity index (χ0) is 18.2. The van der Waals surface area contributed by atoms with Gasteiger partial charge in [0.15, 0.2) is 0 Å². The minimum absolute atomic E-state index is 0.239. The van der Waals surface area contributed by atoms with E-state index < -0.39 is 32.7 Å². The van der Waals surface area contributed by atoms with E-state index in [2.05, 4.69) is 4.72 Å². The van der Waals surface area contributed by atoms with Gasteiger partial charge in [-0.05, 0) is 49.2 Å². The van der Waals surface area contributed by atoms with Crippen molar-refractivity contribution >= 4 is 21.6 Å². The largest absolute Gasteiger partial charge is 0.311 e. The number of hydrogen-bond donors (Lipinski definition) is 1. The number of rotatable bonds is 4. The Kier molecular flexibility index (Phi) is 4.57. The maximum Gasteiger partial charge on any atom is 0.245 e. The van der Waals surface area contributed by atoms with E-state index in [4.69, 9.17) is 0 Å². The quantitative estimate of drug-likeness (QED) is 0.903. The molecule has 1 aliphatic heterocycles. The second-order valence-electron chi connectivity index (χ2n) is 5.82. The first kappa shape index (κ1) is 17.5. The molecule has 3 rings (SSSR count). The van der Waals surface area contributed by atoms with Crippen molar-refractivity contribution in [3.8, 4) is 0 Å². The number of aryl methyl sites for hydroxylation is 1. The van der Waals surface area contributed by atoms with Gasteiger partial charge in [-0.25, -0.2) is 17.2 Å². The number of amides is 1. The lowest BCUT2D eigenvalue weighted by molar-refractivity contribution is -0.118. The molecule has 25 heavy (non-hydrogen) atoms. The summed E-state index contributed by atoms with van der Waals surface area (Å²) in [4.78, 5) is 13.4. The summed E-state index contributed by atoms with van der Waals surface area (Å²) in [6.07, 6.45) is 0.239. The van der Waals surface area contributed by atoms with E-state index in [9.17, 15) is 22.0 Å². The maximum atomic E-state index is 13.7. The number of benzene rings is 2. The van der Waals surface area contributed by atoms with Crippen LogP contribution < -0.4 is 9.62 Å². The van der Waals surface area contributed by atoms with Crippen LogP contribution in [0.2, 0.25) is 0 Å². The van der Waals surface area contributed by atoms with Crippen LogP contribution in [-0.2, 0) is 14.8 Å². The first-order valence-corrected chi connectivity index (χ1v) is 9.12. The average Bonchev–Trinajstić information content (AvgIpc) is 2.91. The first-order chi connectivity index (χ1) is 11.8. The molecule has 1 aliphatic rings. The Morgan fingerprint density at radius 1 is 1.12 bits per heavy atom. The molecule has 2 aromatic carbocycles. The van der Waals surface area contributed by atoms with Crippen molar-refractivity contribution in [1.29, 1.82) is 0 Å². The van der Waals surface area contributed by atoms with Crippen molar-refractivity contribution in [3.63, 3.8) is 0 Å². The molecule has 132 valence electrons. The number of nitrogens with one attached hydrogen (secondary N) is 1. The predicted molar refractivity (Wildman–Crippen MR) is 88.6 cm³/mol. The zero-order valence-electron chi connectivity index (χ0n) is 13.4. The molecule has 8 heteroatoms. The fraction of sp³-hybridized carbons (Fsp3) is 0.235. The maximum absolute atomic E-state index is 13.7. The molecule has 1 saturated heterocycles. The third-order valence-electron chi connectivity index (χ3n) is 4.08. The number of anilines is 1. The van der Waals surface area contributed by atoms with Crippen molar-refractivity contribution in [2.24, 2.45) is 0 Å². The molecule has 1 heterocycles. The zero-order valence-corrected chi connectivity index (χ0v) is 14.2. The Balaban J connectivity index is 1.80. The number of carbonyl (C=O) groups excluding carboxylic acids is 1. The van der Waals surface area contributed by atoms with Gasteiger partial charge in [0.05, 0.1) is 0 Å². The fourth-order valence-electron chi connectivity index (χ4n) is 2.76. The van der Waals surface area contributed by atoms with Crippen LogP contribution in [0.5, 0.6) is 0 Å². The molecule has 1 amide bonds. The molecule has 0 saturated carbocycles. The minimum atomic E-state index is -4.16. The highest BCUT2D eigenvalue weighted by molar-refractivity contribution is 7.89. The van der Waals surface area contributed by atoms with E-state index in [0.717, 1.165) is 12.1 Å². The molecule has 5 nitrogen and oxygen atoms in total. The molecule has 0 bridgehead atoms. The van der Waals surface area contributed by atoms with Gasteiger partial charge in [0, 0.05) is 12.2 Å². The smallest absolute Gasteiger partial charge is 0.245 e. The second kappa shape index (κ2) is 6.53. The van der Waals surface area contributed by atoms with Gasteiger partial charge in [0.1, 0.15) is 22.6 Å². The summed E-state index contributed by atoms with van der Waals surface area (Å²) in [5, 5.41) is 0. The Morgan fingerprint density at radius 2 is 1.84 bits per heavy atom. The predicted octanol–water partition coefficient (Wildman–Crippen LogP) is 2.36. The highest BCUT2D eigenvalue weighted by Crippen LogP contribution is 2.25. The molecule has 0 aliphatic carbocycles. The normalized spacial score (nSPS) is 18.0. The molecule has 1 atom stereocenters. The molecule has 1 fully saturated rings. The molecule has 0 aromatic heterocycles. The van der Waals surface area contributed by atoms with Crippen LogP contribution in [0.3, 0.4) is 0 Å². The summed E-state index contributed by atoms with van der Waals surface area (Å²) < 4.78 is 54.0. The highest BCUT2D eigenvalue weighted by Gasteiger charge is 2.36. The highest BCUT2D eigenvalue weighted by atomic mass is 32.2. The van der Waals surface area contributed by atoms with Crippen LogP contribution >= 0.6 is 0 Å². The SMILES string of the molecule is Cc1cc(N2CC[C@H](NS(=O)(=O)c3ccccc3F)C2=O)ccc1F. The van der Waals surface area contributed by atoms with Gasteiger partial charge in [-0.2, -0.15) is 4.72 Å². The number of sulfonamides is 1. The van der Waals surface area contributed by atoms with Crippen molar-refractivity contribution < 1.29 is 22.0 Å². The van der Waals surface area contributed by atoms with E-state index in [1.54, 1.807) is 6.92 Å². The standard InChI is InChI=1S/C17H16F2N2O3S/c1-11-10-12(6-7-13(11)18)21-9-8-15(17(21)22)20-25(23,24)16-5-3-2-4-14(16)19/h2-7,10,15,20H,8-9H2,1H3/t15-/m0/s1. The summed E-state index contributed by atoms with van der Waals surface area (Å²) in [5.74, 6) is -1.72. The van der Waals surface area contributed by atoms with Crippen molar-refractivity contribution in [3.05, 3.63) is 59.7 Å². The van der Waals surface area contributed by atoms with E-state index in [0.29, 0.717) is 11.3 Å². The van der Waals surface area contributed by atoms with E-state index in [-0.39, 0.29) is 18.8 Å². The van der Waals surface area contributed by atoms with E-state index in [1.165, 1.54) is 35.2 Å². The van der Waals surface area contributed by atoms with E-state index in [1.807, 2.05) is 0 Å². The average molecular weight is 366 g/mol. The monoisotopic (exact) mass is 366 g/mol. The van der Waals surface area contributed by atoms with Crippen molar-refractivity contribution in [2.75, 3.05) is 11.4 Å². The number of carbonyl (C=O) groups is 1. The van der Waals surface area contributed by atoms with Crippen molar-refractivity contribution in [2.45, 2.75) is 24.3 Å². The van der Waals surface area contributed by atoms with Crippen LogP contribution in [0.15, 0.2) is 47.4 Å². The van der Waals surface area contributed by atoms with E-state index >= 15 is 0 Å². The molecule has 0 spiro atoms. The lowest BCUT2D eigenvalue weighted by Gasteiger charge is -2.18. The van der Waals surface area contributed by atoms with Crippen LogP contribution in [0.25, 0.3) is 0 Å². The number of hydrogen-bond acceptors (Lipinski definition) is 3. The fourth-order valence-corrected chi connectivity index (χ4v) is 4.06. The van der Waals surface area contributed by atoms with Gasteiger partial charge in [-0.15, -0.1) is 0 Å². The Morgan fingerprint density at radius 3 is 2.52 bits per heavy atom. The molecule has 0 unspecified atom stereocenters. The molecule has 0 radical (unpaired) electrons. The first-order valence-electron chi connectivity index (χ1n) is 7.64. The third-order valence-corrected chi connectivity index (χ3v) is 5.59. The summed E-state index contributed by atoms with van der Waals surface area (Å²) in [6, 6.07) is 8.23. The van der Waals surface area contributed by atoms with Crippen molar-refractivity contribution in [1.82, 2.24) is 4.72 Å². The van der Waals surface area contributed by atoms with Gasteiger partial charge in [0.2, 0.25) is 15.9 Å². The van der Waals surface area contributed by atoms with Gasteiger partial charge in [-0.1, -0.05) is 12.1 Å². The Hall–Kier alpha value is -2.32. The van der Waals surface area contributed by atoms with Crippen LogP contribution in [0.4, 0.5) is 14.5 Å². The number of halogens is 2. The molecular weight excluding hydrogens is 350 g/mol. The van der Waals surface area contributed by atoms with Gasteiger partial charge in [-0.3, -0.25) is 4.79 Å². The lowest BCUT2D eigenvalue weighted by Crippen LogP contribution is -2.41. The summed E-state index contributed by atoms with van der Waals surface area (Å²) >= 11 is 0. The topological polar surface area (TPSA) is 66.5 Å². The Labute approximate surface area is 144 Å². The van der Waals surface area contributed by atoms with Crippen LogP contribution in [-0.4, -0.2) is 26.9 Å². The van der Waals surface area contributed by atoms with Gasteiger partial charge >= 0.3 is 0 Å². The van der Waals surface area contributed by atoms with Gasteiger partial charge < -0.3 is 4.90 Å². The molecule has 2 aromatic rings. The molecular formula is C17H16F2N2O3S. The minimum Gasteiger partial charge on any atom is -0.311 e. The Bertz CT molecular complexity index is 931. The number of nitrogens with zero attached hydrogens (tertiary/aromatic N) is 1. The van der Waals surface area contributed by atoms with Crippen LogP contribution in [0, 0.1) is 18.6 Å².